The van der Waals surface area contributed by atoms with E-state index >= 15 is 0 Å². The minimum Gasteiger partial charge on any atom is -0.348 e. The Morgan fingerprint density at radius 1 is 1.43 bits per heavy atom. The fourth-order valence-electron chi connectivity index (χ4n) is 1.44. The normalized spacial score (nSPS) is 16.6. The third-order valence-corrected chi connectivity index (χ3v) is 2.52. The van der Waals surface area contributed by atoms with Crippen molar-refractivity contribution in [1.29, 1.82) is 0 Å². The van der Waals surface area contributed by atoms with E-state index in [9.17, 15) is 13.2 Å². The minimum absolute atomic E-state index is 0.425. The van der Waals surface area contributed by atoms with Crippen molar-refractivity contribution in [2.75, 3.05) is 0 Å². The van der Waals surface area contributed by atoms with E-state index in [1.165, 1.54) is 12.5 Å². The molecule has 0 aliphatic carbocycles. The highest BCUT2D eigenvalue weighted by atomic mass is 19.4. The highest BCUT2D eigenvalue weighted by Gasteiger charge is 2.40. The van der Waals surface area contributed by atoms with Crippen molar-refractivity contribution in [3.8, 4) is 0 Å². The fraction of sp³-hybridized carbons (Fsp3) is 0.667. The Morgan fingerprint density at radius 2 is 2.07 bits per heavy atom. The Morgan fingerprint density at radius 3 is 2.43 bits per heavy atom. The zero-order valence-electron chi connectivity index (χ0n) is 8.15. The smallest absolute Gasteiger partial charge is 0.348 e. The van der Waals surface area contributed by atoms with Crippen LogP contribution in [0.15, 0.2) is 12.5 Å². The van der Waals surface area contributed by atoms with Crippen molar-refractivity contribution >= 4 is 0 Å². The van der Waals surface area contributed by atoms with Crippen LogP contribution < -0.4 is 0 Å². The molecule has 1 rings (SSSR count). The SMILES string of the molecule is CCC(C)(CC(F)(F)F)c1cnc[nH]1. The average molecular weight is 206 g/mol. The maximum absolute atomic E-state index is 12.3. The summed E-state index contributed by atoms with van der Waals surface area (Å²) in [5.41, 5.74) is -0.355. The number of nitrogens with one attached hydrogen (secondary N) is 1. The van der Waals surface area contributed by atoms with E-state index in [0.29, 0.717) is 12.1 Å². The van der Waals surface area contributed by atoms with Crippen molar-refractivity contribution in [2.24, 2.45) is 0 Å². The van der Waals surface area contributed by atoms with Gasteiger partial charge in [0.25, 0.3) is 0 Å². The van der Waals surface area contributed by atoms with Crippen LogP contribution in [0, 0.1) is 0 Å². The van der Waals surface area contributed by atoms with Crippen LogP contribution in [0.4, 0.5) is 13.2 Å². The van der Waals surface area contributed by atoms with E-state index in [1.807, 2.05) is 0 Å². The Kier molecular flexibility index (Phi) is 2.87. The predicted molar refractivity (Wildman–Crippen MR) is 46.9 cm³/mol. The summed E-state index contributed by atoms with van der Waals surface area (Å²) in [5, 5.41) is 0. The standard InChI is InChI=1S/C9H13F3N2/c1-3-8(2,5-9(10,11)12)7-4-13-6-14-7/h4,6H,3,5H2,1-2H3,(H,13,14). The van der Waals surface area contributed by atoms with Gasteiger partial charge in [0.05, 0.1) is 12.7 Å². The van der Waals surface area contributed by atoms with Gasteiger partial charge < -0.3 is 4.98 Å². The lowest BCUT2D eigenvalue weighted by Gasteiger charge is -2.27. The van der Waals surface area contributed by atoms with Crippen LogP contribution in [0.25, 0.3) is 0 Å². The van der Waals surface area contributed by atoms with Gasteiger partial charge in [-0.25, -0.2) is 4.98 Å². The van der Waals surface area contributed by atoms with Gasteiger partial charge in [0, 0.05) is 17.3 Å². The van der Waals surface area contributed by atoms with E-state index in [0.717, 1.165) is 0 Å². The summed E-state index contributed by atoms with van der Waals surface area (Å²) in [7, 11) is 0. The highest BCUT2D eigenvalue weighted by molar-refractivity contribution is 5.11. The lowest BCUT2D eigenvalue weighted by atomic mass is 9.81. The minimum atomic E-state index is -4.14. The fourth-order valence-corrected chi connectivity index (χ4v) is 1.44. The van der Waals surface area contributed by atoms with Crippen LogP contribution in [0.5, 0.6) is 0 Å². The molecule has 0 spiro atoms. The molecule has 0 aliphatic heterocycles. The molecule has 1 aromatic heterocycles. The molecule has 0 aromatic carbocycles. The molecule has 0 bridgehead atoms. The van der Waals surface area contributed by atoms with Gasteiger partial charge in [-0.3, -0.25) is 0 Å². The molecule has 5 heteroatoms. The number of nitrogens with zero attached hydrogens (tertiary/aromatic N) is 1. The summed E-state index contributed by atoms with van der Waals surface area (Å²) in [6.45, 7) is 3.33. The Bertz CT molecular complexity index is 279. The summed E-state index contributed by atoms with van der Waals surface area (Å²) in [5.74, 6) is 0. The summed E-state index contributed by atoms with van der Waals surface area (Å²) in [6.07, 6.45) is -1.68. The molecule has 0 fully saturated rings. The lowest BCUT2D eigenvalue weighted by Crippen LogP contribution is -2.29. The van der Waals surface area contributed by atoms with Crippen LogP contribution in [0.1, 0.15) is 32.4 Å². The van der Waals surface area contributed by atoms with Gasteiger partial charge in [0.2, 0.25) is 0 Å². The van der Waals surface area contributed by atoms with Crippen LogP contribution in [-0.4, -0.2) is 16.1 Å². The molecule has 0 aliphatic rings. The number of aromatic nitrogens is 2. The molecule has 0 radical (unpaired) electrons. The molecule has 1 unspecified atom stereocenters. The van der Waals surface area contributed by atoms with Crippen LogP contribution in [0.2, 0.25) is 0 Å². The Hall–Kier alpha value is -1.00. The molecule has 0 saturated heterocycles. The molecule has 1 heterocycles. The number of halogens is 3. The van der Waals surface area contributed by atoms with E-state index < -0.39 is 18.0 Å². The summed E-state index contributed by atoms with van der Waals surface area (Å²) >= 11 is 0. The van der Waals surface area contributed by atoms with E-state index in [4.69, 9.17) is 0 Å². The zero-order chi connectivity index (χ0) is 10.8. The Labute approximate surface area is 80.5 Å². The maximum Gasteiger partial charge on any atom is 0.390 e. The summed E-state index contributed by atoms with van der Waals surface area (Å²) in [4.78, 5) is 6.48. The van der Waals surface area contributed by atoms with Crippen molar-refractivity contribution in [3.05, 3.63) is 18.2 Å². The average Bonchev–Trinajstić information content (AvgIpc) is 2.53. The topological polar surface area (TPSA) is 28.7 Å². The number of aromatic amines is 1. The number of rotatable bonds is 3. The summed E-state index contributed by atoms with van der Waals surface area (Å²) in [6, 6.07) is 0. The van der Waals surface area contributed by atoms with Crippen LogP contribution >= 0.6 is 0 Å². The molecule has 1 aromatic rings. The van der Waals surface area contributed by atoms with Crippen molar-refractivity contribution in [1.82, 2.24) is 9.97 Å². The van der Waals surface area contributed by atoms with E-state index in [2.05, 4.69) is 9.97 Å². The number of imidazole rings is 1. The number of H-pyrrole nitrogens is 1. The van der Waals surface area contributed by atoms with Gasteiger partial charge in [-0.1, -0.05) is 13.8 Å². The molecular weight excluding hydrogens is 193 g/mol. The molecule has 2 nitrogen and oxygen atoms in total. The van der Waals surface area contributed by atoms with E-state index in [1.54, 1.807) is 13.8 Å². The molecule has 14 heavy (non-hydrogen) atoms. The van der Waals surface area contributed by atoms with E-state index in [-0.39, 0.29) is 0 Å². The molecular formula is C9H13F3N2. The second-order valence-electron chi connectivity index (χ2n) is 3.67. The summed E-state index contributed by atoms with van der Waals surface area (Å²) < 4.78 is 36.9. The number of alkyl halides is 3. The van der Waals surface area contributed by atoms with Crippen molar-refractivity contribution in [3.63, 3.8) is 0 Å². The lowest BCUT2D eigenvalue weighted by molar-refractivity contribution is -0.147. The third kappa shape index (κ3) is 2.49. The van der Waals surface area contributed by atoms with Crippen LogP contribution in [0.3, 0.4) is 0 Å². The first-order valence-corrected chi connectivity index (χ1v) is 4.43. The first-order chi connectivity index (χ1) is 6.37. The van der Waals surface area contributed by atoms with Crippen molar-refractivity contribution < 1.29 is 13.2 Å². The van der Waals surface area contributed by atoms with Gasteiger partial charge in [0.15, 0.2) is 0 Å². The molecule has 0 amide bonds. The second kappa shape index (κ2) is 3.63. The van der Waals surface area contributed by atoms with Crippen LogP contribution in [-0.2, 0) is 5.41 Å². The molecule has 0 saturated carbocycles. The Balaban J connectivity index is 2.88. The van der Waals surface area contributed by atoms with Gasteiger partial charge in [0.1, 0.15) is 0 Å². The zero-order valence-corrected chi connectivity index (χ0v) is 8.15. The third-order valence-electron chi connectivity index (χ3n) is 2.52. The largest absolute Gasteiger partial charge is 0.390 e. The van der Waals surface area contributed by atoms with Gasteiger partial charge in [-0.2, -0.15) is 13.2 Å². The first-order valence-electron chi connectivity index (χ1n) is 4.43. The quantitative estimate of drug-likeness (QED) is 0.809. The predicted octanol–water partition coefficient (Wildman–Crippen LogP) is 3.03. The first kappa shape index (κ1) is 11.1. The highest BCUT2D eigenvalue weighted by Crippen LogP contribution is 2.37. The molecule has 1 atom stereocenters. The number of hydrogen-bond donors (Lipinski definition) is 1. The second-order valence-corrected chi connectivity index (χ2v) is 3.67. The maximum atomic E-state index is 12.3. The monoisotopic (exact) mass is 206 g/mol. The molecule has 80 valence electrons. The molecule has 1 N–H and O–H groups in total. The van der Waals surface area contributed by atoms with Gasteiger partial charge in [-0.05, 0) is 6.42 Å². The van der Waals surface area contributed by atoms with Gasteiger partial charge in [-0.15, -0.1) is 0 Å². The number of hydrogen-bond acceptors (Lipinski definition) is 1. The van der Waals surface area contributed by atoms with Gasteiger partial charge >= 0.3 is 6.18 Å². The van der Waals surface area contributed by atoms with Crippen molar-refractivity contribution in [2.45, 2.75) is 38.3 Å².